The van der Waals surface area contributed by atoms with Crippen LogP contribution in [0.1, 0.15) is 11.1 Å². The van der Waals surface area contributed by atoms with Gasteiger partial charge < -0.3 is 15.8 Å². The minimum absolute atomic E-state index is 0.346. The average molecular weight is 254 g/mol. The van der Waals surface area contributed by atoms with Gasteiger partial charge in [-0.3, -0.25) is 0 Å². The van der Waals surface area contributed by atoms with Crippen molar-refractivity contribution in [3.63, 3.8) is 0 Å². The molecular formula is C14H14N4O. The van der Waals surface area contributed by atoms with Crippen LogP contribution in [0.5, 0.6) is 5.75 Å². The Bertz CT molecular complexity index is 646. The number of aryl methyl sites for hydroxylation is 1. The molecule has 0 spiro atoms. The lowest BCUT2D eigenvalue weighted by Gasteiger charge is -2.11. The van der Waals surface area contributed by atoms with E-state index in [4.69, 9.17) is 15.7 Å². The van der Waals surface area contributed by atoms with E-state index in [9.17, 15) is 0 Å². The molecule has 2 rings (SSSR count). The number of methoxy groups -OCH3 is 1. The summed E-state index contributed by atoms with van der Waals surface area (Å²) in [5.41, 5.74) is 8.46. The number of aromatic nitrogens is 1. The van der Waals surface area contributed by atoms with Crippen LogP contribution in [0.15, 0.2) is 30.5 Å². The third-order valence-corrected chi connectivity index (χ3v) is 2.77. The second-order valence-corrected chi connectivity index (χ2v) is 4.04. The van der Waals surface area contributed by atoms with Crippen molar-refractivity contribution in [1.29, 1.82) is 5.26 Å². The number of hydrogen-bond acceptors (Lipinski definition) is 5. The van der Waals surface area contributed by atoms with E-state index in [0.717, 1.165) is 17.0 Å². The predicted molar refractivity (Wildman–Crippen MR) is 74.4 cm³/mol. The van der Waals surface area contributed by atoms with Crippen LogP contribution >= 0.6 is 0 Å². The minimum atomic E-state index is 0.346. The first-order valence-corrected chi connectivity index (χ1v) is 5.72. The van der Waals surface area contributed by atoms with E-state index >= 15 is 0 Å². The number of anilines is 3. The maximum atomic E-state index is 8.92. The lowest BCUT2D eigenvalue weighted by atomic mass is 10.2. The van der Waals surface area contributed by atoms with Gasteiger partial charge in [0.1, 0.15) is 11.8 Å². The Hall–Kier alpha value is -2.74. The van der Waals surface area contributed by atoms with Gasteiger partial charge in [-0.1, -0.05) is 0 Å². The first kappa shape index (κ1) is 12.7. The van der Waals surface area contributed by atoms with Crippen molar-refractivity contribution in [3.05, 3.63) is 41.6 Å². The van der Waals surface area contributed by atoms with Gasteiger partial charge in [-0.15, -0.1) is 0 Å². The van der Waals surface area contributed by atoms with Crippen molar-refractivity contribution in [1.82, 2.24) is 4.98 Å². The molecule has 1 aromatic heterocycles. The van der Waals surface area contributed by atoms with E-state index < -0.39 is 0 Å². The van der Waals surface area contributed by atoms with Crippen LogP contribution in [0.25, 0.3) is 0 Å². The quantitative estimate of drug-likeness (QED) is 0.879. The molecule has 3 N–H and O–H groups in total. The van der Waals surface area contributed by atoms with E-state index in [0.29, 0.717) is 17.1 Å². The third-order valence-electron chi connectivity index (χ3n) is 2.77. The highest BCUT2D eigenvalue weighted by Crippen LogP contribution is 2.26. The summed E-state index contributed by atoms with van der Waals surface area (Å²) in [5.74, 6) is 1.29. The molecule has 1 aromatic carbocycles. The lowest BCUT2D eigenvalue weighted by molar-refractivity contribution is 0.412. The summed E-state index contributed by atoms with van der Waals surface area (Å²) in [5, 5.41) is 12.0. The molecule has 1 heterocycles. The van der Waals surface area contributed by atoms with Gasteiger partial charge in [-0.05, 0) is 36.8 Å². The summed E-state index contributed by atoms with van der Waals surface area (Å²) >= 11 is 0. The maximum Gasteiger partial charge on any atom is 0.154 e. The van der Waals surface area contributed by atoms with Crippen LogP contribution in [0.3, 0.4) is 0 Å². The molecule has 0 aliphatic heterocycles. The summed E-state index contributed by atoms with van der Waals surface area (Å²) in [7, 11) is 1.63. The summed E-state index contributed by atoms with van der Waals surface area (Å²) in [6.07, 6.45) is 1.55. The van der Waals surface area contributed by atoms with Gasteiger partial charge >= 0.3 is 0 Å². The molecule has 0 fully saturated rings. The fourth-order valence-corrected chi connectivity index (χ4v) is 1.76. The van der Waals surface area contributed by atoms with Gasteiger partial charge in [0.25, 0.3) is 0 Å². The molecule has 0 aliphatic carbocycles. The van der Waals surface area contributed by atoms with E-state index in [2.05, 4.69) is 10.3 Å². The molecule has 0 radical (unpaired) electrons. The number of rotatable bonds is 3. The first-order valence-electron chi connectivity index (χ1n) is 5.72. The minimum Gasteiger partial charge on any atom is -0.496 e. The molecule has 0 bridgehead atoms. The largest absolute Gasteiger partial charge is 0.496 e. The van der Waals surface area contributed by atoms with Gasteiger partial charge in [0.15, 0.2) is 5.82 Å². The summed E-state index contributed by atoms with van der Waals surface area (Å²) in [6.45, 7) is 1.95. The Labute approximate surface area is 111 Å². The van der Waals surface area contributed by atoms with E-state index in [1.165, 1.54) is 0 Å². The highest BCUT2D eigenvalue weighted by atomic mass is 16.5. The number of nitrogen functional groups attached to an aromatic ring is 1. The van der Waals surface area contributed by atoms with Crippen LogP contribution in [-0.4, -0.2) is 12.1 Å². The molecule has 0 saturated heterocycles. The number of nitrogens with zero attached hydrogens (tertiary/aromatic N) is 2. The van der Waals surface area contributed by atoms with E-state index in [1.54, 1.807) is 19.4 Å². The van der Waals surface area contributed by atoms with Gasteiger partial charge in [-0.2, -0.15) is 5.26 Å². The van der Waals surface area contributed by atoms with Crippen molar-refractivity contribution >= 4 is 17.2 Å². The van der Waals surface area contributed by atoms with E-state index in [1.807, 2.05) is 31.2 Å². The number of hydrogen-bond donors (Lipinski definition) is 2. The monoisotopic (exact) mass is 254 g/mol. The number of benzene rings is 1. The standard InChI is InChI=1S/C14H14N4O/c1-9-7-11(3-4-12(9)19-2)18-14-13(16)10(8-15)5-6-17-14/h3-7H,16H2,1-2H3,(H,17,18). The molecule has 5 heteroatoms. The van der Waals surface area contributed by atoms with Gasteiger partial charge in [-0.25, -0.2) is 4.98 Å². The fraction of sp³-hybridized carbons (Fsp3) is 0.143. The predicted octanol–water partition coefficient (Wildman–Crippen LogP) is 2.60. The third kappa shape index (κ3) is 2.58. The fourth-order valence-electron chi connectivity index (χ4n) is 1.76. The second kappa shape index (κ2) is 5.27. The zero-order chi connectivity index (χ0) is 13.8. The van der Waals surface area contributed by atoms with Crippen molar-refractivity contribution in [2.45, 2.75) is 6.92 Å². The lowest BCUT2D eigenvalue weighted by Crippen LogP contribution is -2.01. The molecule has 0 atom stereocenters. The molecule has 96 valence electrons. The SMILES string of the molecule is COc1ccc(Nc2nccc(C#N)c2N)cc1C. The number of nitriles is 1. The number of nitrogens with one attached hydrogen (secondary N) is 1. The number of nitrogens with two attached hydrogens (primary N) is 1. The Morgan fingerprint density at radius 3 is 2.79 bits per heavy atom. The number of pyridine rings is 1. The highest BCUT2D eigenvalue weighted by Gasteiger charge is 2.07. The van der Waals surface area contributed by atoms with Crippen molar-refractivity contribution in [2.24, 2.45) is 0 Å². The van der Waals surface area contributed by atoms with Gasteiger partial charge in [0, 0.05) is 11.9 Å². The summed E-state index contributed by atoms with van der Waals surface area (Å²) in [6, 6.07) is 9.27. The molecule has 0 unspecified atom stereocenters. The molecule has 0 saturated carbocycles. The van der Waals surface area contributed by atoms with Gasteiger partial charge in [0.05, 0.1) is 18.4 Å². The zero-order valence-electron chi connectivity index (χ0n) is 10.8. The van der Waals surface area contributed by atoms with Crippen LogP contribution in [0, 0.1) is 18.3 Å². The Morgan fingerprint density at radius 2 is 2.16 bits per heavy atom. The maximum absolute atomic E-state index is 8.92. The summed E-state index contributed by atoms with van der Waals surface area (Å²) < 4.78 is 5.20. The van der Waals surface area contributed by atoms with Crippen molar-refractivity contribution < 1.29 is 4.74 Å². The number of ether oxygens (including phenoxy) is 1. The molecule has 19 heavy (non-hydrogen) atoms. The Kier molecular flexibility index (Phi) is 3.53. The Morgan fingerprint density at radius 1 is 1.37 bits per heavy atom. The molecule has 0 amide bonds. The van der Waals surface area contributed by atoms with Crippen LogP contribution in [0.2, 0.25) is 0 Å². The van der Waals surface area contributed by atoms with E-state index in [-0.39, 0.29) is 0 Å². The zero-order valence-corrected chi connectivity index (χ0v) is 10.8. The topological polar surface area (TPSA) is 84.0 Å². The van der Waals surface area contributed by atoms with Crippen molar-refractivity contribution in [3.8, 4) is 11.8 Å². The van der Waals surface area contributed by atoms with Crippen LogP contribution in [0.4, 0.5) is 17.2 Å². The Balaban J connectivity index is 2.32. The average Bonchev–Trinajstić information content (AvgIpc) is 2.41. The van der Waals surface area contributed by atoms with Crippen LogP contribution in [-0.2, 0) is 0 Å². The van der Waals surface area contributed by atoms with Gasteiger partial charge in [0.2, 0.25) is 0 Å². The molecule has 2 aromatic rings. The molecule has 0 aliphatic rings. The van der Waals surface area contributed by atoms with Crippen molar-refractivity contribution in [2.75, 3.05) is 18.2 Å². The second-order valence-electron chi connectivity index (χ2n) is 4.04. The smallest absolute Gasteiger partial charge is 0.154 e. The molecular weight excluding hydrogens is 240 g/mol. The van der Waals surface area contributed by atoms with Crippen LogP contribution < -0.4 is 15.8 Å². The first-order chi connectivity index (χ1) is 9.15. The molecule has 5 nitrogen and oxygen atoms in total. The highest BCUT2D eigenvalue weighted by molar-refractivity contribution is 5.74. The normalized spacial score (nSPS) is 9.74. The summed E-state index contributed by atoms with van der Waals surface area (Å²) in [4.78, 5) is 4.14.